The number of nitrogen functional groups attached to an aromatic ring is 1. The highest BCUT2D eigenvalue weighted by Crippen LogP contribution is 2.24. The molecule has 0 aliphatic rings. The molecule has 0 bridgehead atoms. The van der Waals surface area contributed by atoms with Gasteiger partial charge in [-0.15, -0.1) is 11.8 Å². The van der Waals surface area contributed by atoms with Crippen LogP contribution in [0.2, 0.25) is 0 Å². The molecule has 6 nitrogen and oxygen atoms in total. The number of hydrogen-bond donors (Lipinski definition) is 3. The van der Waals surface area contributed by atoms with Gasteiger partial charge in [0.25, 0.3) is 0 Å². The van der Waals surface area contributed by atoms with Crippen LogP contribution < -0.4 is 15.8 Å². The van der Waals surface area contributed by atoms with E-state index in [0.29, 0.717) is 17.1 Å². The minimum absolute atomic E-state index is 0.0816. The van der Waals surface area contributed by atoms with Gasteiger partial charge in [0.15, 0.2) is 0 Å². The van der Waals surface area contributed by atoms with Crippen molar-refractivity contribution < 1.29 is 19.4 Å². The van der Waals surface area contributed by atoms with E-state index in [1.54, 1.807) is 18.2 Å². The molecule has 1 aromatic rings. The zero-order chi connectivity index (χ0) is 13.5. The molecule has 0 saturated heterocycles. The fourth-order valence-corrected chi connectivity index (χ4v) is 1.77. The van der Waals surface area contributed by atoms with Gasteiger partial charge in [-0.3, -0.25) is 9.59 Å². The molecule has 0 atom stereocenters. The molecule has 7 heteroatoms. The van der Waals surface area contributed by atoms with Crippen LogP contribution in [-0.4, -0.2) is 35.6 Å². The lowest BCUT2D eigenvalue weighted by Gasteiger charge is -2.08. The van der Waals surface area contributed by atoms with Crippen LogP contribution in [0.25, 0.3) is 0 Å². The van der Waals surface area contributed by atoms with E-state index in [1.165, 1.54) is 7.11 Å². The number of ether oxygens (including phenoxy) is 1. The Bertz CT molecular complexity index is 451. The van der Waals surface area contributed by atoms with Crippen molar-refractivity contribution in [2.24, 2.45) is 0 Å². The van der Waals surface area contributed by atoms with Crippen molar-refractivity contribution in [3.05, 3.63) is 18.2 Å². The van der Waals surface area contributed by atoms with Crippen molar-refractivity contribution in [1.29, 1.82) is 0 Å². The molecule has 0 radical (unpaired) electrons. The second kappa shape index (κ2) is 6.75. The second-order valence-electron chi connectivity index (χ2n) is 3.39. The third-order valence-corrected chi connectivity index (χ3v) is 2.89. The lowest BCUT2D eigenvalue weighted by atomic mass is 10.2. The van der Waals surface area contributed by atoms with Crippen LogP contribution in [-0.2, 0) is 9.59 Å². The summed E-state index contributed by atoms with van der Waals surface area (Å²) in [6.45, 7) is 0. The zero-order valence-electron chi connectivity index (χ0n) is 9.80. The Morgan fingerprint density at radius 1 is 1.44 bits per heavy atom. The van der Waals surface area contributed by atoms with Crippen LogP contribution >= 0.6 is 11.8 Å². The molecule has 18 heavy (non-hydrogen) atoms. The first-order chi connectivity index (χ1) is 8.52. The molecular weight excluding hydrogens is 256 g/mol. The molecule has 1 aromatic carbocycles. The molecule has 1 rings (SSSR count). The quantitative estimate of drug-likeness (QED) is 0.667. The van der Waals surface area contributed by atoms with Gasteiger partial charge >= 0.3 is 5.97 Å². The number of hydrogen-bond acceptors (Lipinski definition) is 5. The van der Waals surface area contributed by atoms with Gasteiger partial charge in [0.1, 0.15) is 5.75 Å². The number of benzene rings is 1. The average Bonchev–Trinajstić information content (AvgIpc) is 2.28. The summed E-state index contributed by atoms with van der Waals surface area (Å²) in [5, 5.41) is 11.0. The summed E-state index contributed by atoms with van der Waals surface area (Å²) in [5.74, 6) is -0.697. The highest BCUT2D eigenvalue weighted by Gasteiger charge is 2.06. The van der Waals surface area contributed by atoms with E-state index in [9.17, 15) is 9.59 Å². The van der Waals surface area contributed by atoms with Crippen LogP contribution in [0.4, 0.5) is 11.4 Å². The molecule has 4 N–H and O–H groups in total. The summed E-state index contributed by atoms with van der Waals surface area (Å²) >= 11 is 1.03. The SMILES string of the molecule is COc1ccc(NC(=O)CSCC(=O)O)cc1N. The Morgan fingerprint density at radius 2 is 2.17 bits per heavy atom. The van der Waals surface area contributed by atoms with Crippen LogP contribution in [0.1, 0.15) is 0 Å². The van der Waals surface area contributed by atoms with Crippen molar-refractivity contribution in [3.8, 4) is 5.75 Å². The number of nitrogens with one attached hydrogen (secondary N) is 1. The Labute approximate surface area is 108 Å². The third kappa shape index (κ3) is 4.54. The molecule has 0 heterocycles. The molecule has 0 fully saturated rings. The number of carbonyl (C=O) groups excluding carboxylic acids is 1. The fraction of sp³-hybridized carbons (Fsp3) is 0.273. The summed E-state index contributed by atoms with van der Waals surface area (Å²) in [7, 11) is 1.51. The number of nitrogens with two attached hydrogens (primary N) is 1. The molecule has 0 aromatic heterocycles. The highest BCUT2D eigenvalue weighted by atomic mass is 32.2. The van der Waals surface area contributed by atoms with Crippen molar-refractivity contribution in [3.63, 3.8) is 0 Å². The van der Waals surface area contributed by atoms with Crippen molar-refractivity contribution in [2.75, 3.05) is 29.7 Å². The van der Waals surface area contributed by atoms with E-state index in [1.807, 2.05) is 0 Å². The van der Waals surface area contributed by atoms with Crippen LogP contribution in [0.15, 0.2) is 18.2 Å². The van der Waals surface area contributed by atoms with Gasteiger partial charge in [-0.1, -0.05) is 0 Å². The van der Waals surface area contributed by atoms with Crippen LogP contribution in [0, 0.1) is 0 Å². The topological polar surface area (TPSA) is 102 Å². The van der Waals surface area contributed by atoms with Crippen molar-refractivity contribution in [2.45, 2.75) is 0 Å². The monoisotopic (exact) mass is 270 g/mol. The summed E-state index contributed by atoms with van der Waals surface area (Å²) in [6, 6.07) is 4.89. The number of carbonyl (C=O) groups is 2. The smallest absolute Gasteiger partial charge is 0.313 e. The van der Waals surface area contributed by atoms with E-state index in [2.05, 4.69) is 5.32 Å². The minimum Gasteiger partial charge on any atom is -0.495 e. The minimum atomic E-state index is -0.943. The maximum atomic E-state index is 11.5. The molecule has 1 amide bonds. The van der Waals surface area contributed by atoms with Gasteiger partial charge < -0.3 is 20.9 Å². The van der Waals surface area contributed by atoms with Gasteiger partial charge in [-0.25, -0.2) is 0 Å². The van der Waals surface area contributed by atoms with E-state index in [0.717, 1.165) is 11.8 Å². The zero-order valence-corrected chi connectivity index (χ0v) is 10.6. The maximum absolute atomic E-state index is 11.5. The van der Waals surface area contributed by atoms with E-state index >= 15 is 0 Å². The van der Waals surface area contributed by atoms with Crippen LogP contribution in [0.3, 0.4) is 0 Å². The average molecular weight is 270 g/mol. The number of methoxy groups -OCH3 is 1. The normalized spacial score (nSPS) is 9.83. The largest absolute Gasteiger partial charge is 0.495 e. The van der Waals surface area contributed by atoms with E-state index in [4.69, 9.17) is 15.6 Å². The van der Waals surface area contributed by atoms with Crippen molar-refractivity contribution in [1.82, 2.24) is 0 Å². The number of amides is 1. The van der Waals surface area contributed by atoms with E-state index in [-0.39, 0.29) is 17.4 Å². The second-order valence-corrected chi connectivity index (χ2v) is 4.38. The van der Waals surface area contributed by atoms with Gasteiger partial charge in [-0.2, -0.15) is 0 Å². The van der Waals surface area contributed by atoms with Crippen LogP contribution in [0.5, 0.6) is 5.75 Å². The van der Waals surface area contributed by atoms with Gasteiger partial charge in [0, 0.05) is 5.69 Å². The molecule has 0 aliphatic carbocycles. The number of carboxylic acids is 1. The Balaban J connectivity index is 2.49. The number of thioether (sulfide) groups is 1. The number of rotatable bonds is 6. The van der Waals surface area contributed by atoms with E-state index < -0.39 is 5.97 Å². The Hall–Kier alpha value is -1.89. The first-order valence-electron chi connectivity index (χ1n) is 5.06. The molecule has 0 aliphatic heterocycles. The molecule has 98 valence electrons. The Kier molecular flexibility index (Phi) is 5.31. The van der Waals surface area contributed by atoms with Crippen molar-refractivity contribution >= 4 is 35.0 Å². The predicted octanol–water partition coefficient (Wildman–Crippen LogP) is 1.03. The fourth-order valence-electron chi connectivity index (χ4n) is 1.24. The molecule has 0 saturated carbocycles. The number of aliphatic carboxylic acids is 1. The summed E-state index contributed by atoms with van der Waals surface area (Å²) in [4.78, 5) is 21.7. The maximum Gasteiger partial charge on any atom is 0.313 e. The standard InChI is InChI=1S/C11H14N2O4S/c1-17-9-3-2-7(4-8(9)12)13-10(14)5-18-6-11(15)16/h2-4H,5-6,12H2,1H3,(H,13,14)(H,15,16). The molecule has 0 unspecified atom stereocenters. The number of carboxylic acid groups (broad SMARTS) is 1. The number of anilines is 2. The van der Waals surface area contributed by atoms with Gasteiger partial charge in [-0.05, 0) is 18.2 Å². The highest BCUT2D eigenvalue weighted by molar-refractivity contribution is 8.00. The molecular formula is C11H14N2O4S. The summed E-state index contributed by atoms with van der Waals surface area (Å²) < 4.78 is 4.99. The predicted molar refractivity (Wildman–Crippen MR) is 71.0 cm³/mol. The first kappa shape index (κ1) is 14.2. The summed E-state index contributed by atoms with van der Waals surface area (Å²) in [5.41, 5.74) is 6.66. The lowest BCUT2D eigenvalue weighted by Crippen LogP contribution is -2.15. The first-order valence-corrected chi connectivity index (χ1v) is 6.21. The summed E-state index contributed by atoms with van der Waals surface area (Å²) in [6.07, 6.45) is 0. The van der Waals surface area contributed by atoms with Gasteiger partial charge in [0.05, 0.1) is 24.3 Å². The van der Waals surface area contributed by atoms with Gasteiger partial charge in [0.2, 0.25) is 5.91 Å². The Morgan fingerprint density at radius 3 is 2.72 bits per heavy atom. The lowest BCUT2D eigenvalue weighted by molar-refractivity contribution is -0.133. The molecule has 0 spiro atoms. The third-order valence-electron chi connectivity index (χ3n) is 1.97.